The first-order valence-electron chi connectivity index (χ1n) is 3.96. The van der Waals surface area contributed by atoms with E-state index in [4.69, 9.17) is 4.43 Å². The number of para-hydroxylation sites is 1. The molecule has 0 spiro atoms. The van der Waals surface area contributed by atoms with Crippen LogP contribution >= 0.6 is 12.6 Å². The van der Waals surface area contributed by atoms with Crippen LogP contribution in [0.25, 0.3) is 0 Å². The van der Waals surface area contributed by atoms with Gasteiger partial charge in [0.05, 0.1) is 0 Å². The summed E-state index contributed by atoms with van der Waals surface area (Å²) in [4.78, 5) is 0.917. The normalized spacial score (nSPS) is 11.3. The molecule has 1 aromatic rings. The van der Waals surface area contributed by atoms with Crippen molar-refractivity contribution in [1.82, 2.24) is 0 Å². The van der Waals surface area contributed by atoms with E-state index >= 15 is 0 Å². The Morgan fingerprint density at radius 2 is 1.75 bits per heavy atom. The largest absolute Gasteiger partial charge is 0.544 e. The van der Waals surface area contributed by atoms with E-state index in [1.54, 1.807) is 0 Å². The van der Waals surface area contributed by atoms with Gasteiger partial charge in [-0.15, -0.1) is 12.6 Å². The van der Waals surface area contributed by atoms with Gasteiger partial charge >= 0.3 is 0 Å². The molecule has 0 fully saturated rings. The van der Waals surface area contributed by atoms with Crippen LogP contribution in [0.15, 0.2) is 29.2 Å². The molecule has 1 rings (SSSR count). The van der Waals surface area contributed by atoms with Gasteiger partial charge in [0.2, 0.25) is 8.32 Å². The minimum absolute atomic E-state index is 0.903. The average molecular weight is 198 g/mol. The average Bonchev–Trinajstić information content (AvgIpc) is 1.91. The van der Waals surface area contributed by atoms with Crippen LogP contribution in [0.5, 0.6) is 5.75 Å². The topological polar surface area (TPSA) is 9.23 Å². The lowest BCUT2D eigenvalue weighted by atomic mass is 10.3. The maximum atomic E-state index is 5.79. The molecular formula is C9H14OSSi. The highest BCUT2D eigenvalue weighted by atomic mass is 32.1. The second-order valence-electron chi connectivity index (χ2n) is 3.68. The molecule has 0 aliphatic carbocycles. The summed E-state index contributed by atoms with van der Waals surface area (Å²) in [7, 11) is -1.48. The fourth-order valence-corrected chi connectivity index (χ4v) is 2.00. The minimum Gasteiger partial charge on any atom is -0.544 e. The van der Waals surface area contributed by atoms with Gasteiger partial charge in [0.15, 0.2) is 0 Å². The van der Waals surface area contributed by atoms with Gasteiger partial charge in [-0.2, -0.15) is 0 Å². The number of benzene rings is 1. The van der Waals surface area contributed by atoms with Crippen LogP contribution in [-0.4, -0.2) is 8.32 Å². The molecule has 0 radical (unpaired) electrons. The van der Waals surface area contributed by atoms with Crippen LogP contribution < -0.4 is 4.43 Å². The molecule has 0 aromatic heterocycles. The van der Waals surface area contributed by atoms with Gasteiger partial charge in [-0.3, -0.25) is 0 Å². The molecule has 0 amide bonds. The number of thiol groups is 1. The van der Waals surface area contributed by atoms with E-state index < -0.39 is 8.32 Å². The third-order valence-electron chi connectivity index (χ3n) is 1.28. The van der Waals surface area contributed by atoms with Gasteiger partial charge in [-0.1, -0.05) is 12.1 Å². The van der Waals surface area contributed by atoms with Crippen molar-refractivity contribution < 1.29 is 4.43 Å². The molecule has 0 heterocycles. The Kier molecular flexibility index (Phi) is 2.85. The summed E-state index contributed by atoms with van der Waals surface area (Å²) in [5.74, 6) is 0.903. The Bertz CT molecular complexity index is 267. The summed E-state index contributed by atoms with van der Waals surface area (Å²) in [6.07, 6.45) is 0. The van der Waals surface area contributed by atoms with Crippen molar-refractivity contribution in [3.63, 3.8) is 0 Å². The predicted octanol–water partition coefficient (Wildman–Crippen LogP) is 3.19. The molecule has 1 nitrogen and oxygen atoms in total. The fourth-order valence-electron chi connectivity index (χ4n) is 0.873. The second-order valence-corrected chi connectivity index (χ2v) is 8.59. The molecular weight excluding hydrogens is 184 g/mol. The Balaban J connectivity index is 2.83. The highest BCUT2D eigenvalue weighted by Crippen LogP contribution is 2.24. The summed E-state index contributed by atoms with van der Waals surface area (Å²) in [6.45, 7) is 6.48. The fraction of sp³-hybridized carbons (Fsp3) is 0.333. The first kappa shape index (κ1) is 9.67. The van der Waals surface area contributed by atoms with Gasteiger partial charge in [0.1, 0.15) is 5.75 Å². The minimum atomic E-state index is -1.48. The molecule has 66 valence electrons. The standard InChI is InChI=1S/C9H14OSSi/c1-12(2,3)10-8-6-4-5-7-9(8)11/h4-7,11H,1-3H3. The first-order valence-corrected chi connectivity index (χ1v) is 7.81. The van der Waals surface area contributed by atoms with Crippen LogP contribution in [-0.2, 0) is 0 Å². The molecule has 1 aromatic carbocycles. The summed E-state index contributed by atoms with van der Waals surface area (Å²) in [6, 6.07) is 7.83. The maximum absolute atomic E-state index is 5.79. The van der Waals surface area contributed by atoms with E-state index in [1.807, 2.05) is 24.3 Å². The zero-order valence-electron chi connectivity index (χ0n) is 7.66. The summed E-state index contributed by atoms with van der Waals surface area (Å²) in [5.41, 5.74) is 0. The highest BCUT2D eigenvalue weighted by molar-refractivity contribution is 7.80. The number of rotatable bonds is 2. The lowest BCUT2D eigenvalue weighted by molar-refractivity contribution is 0.544. The predicted molar refractivity (Wildman–Crippen MR) is 57.7 cm³/mol. The lowest BCUT2D eigenvalue weighted by Crippen LogP contribution is -2.29. The van der Waals surface area contributed by atoms with Gasteiger partial charge in [0, 0.05) is 4.90 Å². The van der Waals surface area contributed by atoms with Crippen LogP contribution in [0.3, 0.4) is 0 Å². The van der Waals surface area contributed by atoms with Crippen molar-refractivity contribution in [1.29, 1.82) is 0 Å². The number of hydrogen-bond donors (Lipinski definition) is 1. The quantitative estimate of drug-likeness (QED) is 0.567. The van der Waals surface area contributed by atoms with Crippen molar-refractivity contribution in [3.05, 3.63) is 24.3 Å². The Morgan fingerprint density at radius 3 is 2.25 bits per heavy atom. The van der Waals surface area contributed by atoms with Crippen LogP contribution in [0, 0.1) is 0 Å². The van der Waals surface area contributed by atoms with E-state index in [0.717, 1.165) is 10.6 Å². The van der Waals surface area contributed by atoms with E-state index in [-0.39, 0.29) is 0 Å². The van der Waals surface area contributed by atoms with Crippen LogP contribution in [0.2, 0.25) is 19.6 Å². The molecule has 12 heavy (non-hydrogen) atoms. The monoisotopic (exact) mass is 198 g/mol. The van der Waals surface area contributed by atoms with E-state index in [2.05, 4.69) is 32.3 Å². The molecule has 0 unspecified atom stereocenters. The molecule has 0 bridgehead atoms. The smallest absolute Gasteiger partial charge is 0.242 e. The SMILES string of the molecule is C[Si](C)(C)Oc1ccccc1S. The van der Waals surface area contributed by atoms with Crippen LogP contribution in [0.1, 0.15) is 0 Å². The van der Waals surface area contributed by atoms with Gasteiger partial charge < -0.3 is 4.43 Å². The summed E-state index contributed by atoms with van der Waals surface area (Å²) in [5, 5.41) is 0. The highest BCUT2D eigenvalue weighted by Gasteiger charge is 2.16. The van der Waals surface area contributed by atoms with Crippen molar-refractivity contribution in [3.8, 4) is 5.75 Å². The molecule has 0 saturated heterocycles. The molecule has 0 atom stereocenters. The van der Waals surface area contributed by atoms with E-state index in [9.17, 15) is 0 Å². The summed E-state index contributed by atoms with van der Waals surface area (Å²) < 4.78 is 5.79. The van der Waals surface area contributed by atoms with Crippen molar-refractivity contribution in [2.75, 3.05) is 0 Å². The van der Waals surface area contributed by atoms with Crippen molar-refractivity contribution in [2.45, 2.75) is 24.5 Å². The van der Waals surface area contributed by atoms with E-state index in [0.29, 0.717) is 0 Å². The zero-order chi connectivity index (χ0) is 9.19. The zero-order valence-corrected chi connectivity index (χ0v) is 9.56. The van der Waals surface area contributed by atoms with Gasteiger partial charge in [-0.05, 0) is 31.8 Å². The van der Waals surface area contributed by atoms with Gasteiger partial charge in [-0.25, -0.2) is 0 Å². The molecule has 0 aliphatic heterocycles. The Hall–Kier alpha value is -0.413. The van der Waals surface area contributed by atoms with Crippen molar-refractivity contribution in [2.24, 2.45) is 0 Å². The lowest BCUT2D eigenvalue weighted by Gasteiger charge is -2.20. The number of hydrogen-bond acceptors (Lipinski definition) is 2. The molecule has 0 saturated carbocycles. The molecule has 0 aliphatic rings. The van der Waals surface area contributed by atoms with Crippen molar-refractivity contribution >= 4 is 20.9 Å². The molecule has 3 heteroatoms. The Labute approximate surface area is 80.3 Å². The third kappa shape index (κ3) is 2.91. The van der Waals surface area contributed by atoms with E-state index in [1.165, 1.54) is 0 Å². The molecule has 0 N–H and O–H groups in total. The van der Waals surface area contributed by atoms with Gasteiger partial charge in [0.25, 0.3) is 0 Å². The summed E-state index contributed by atoms with van der Waals surface area (Å²) >= 11 is 4.31. The van der Waals surface area contributed by atoms with Crippen LogP contribution in [0.4, 0.5) is 0 Å². The Morgan fingerprint density at radius 1 is 1.17 bits per heavy atom. The maximum Gasteiger partial charge on any atom is 0.242 e. The second kappa shape index (κ2) is 3.54. The first-order chi connectivity index (χ1) is 5.49. The third-order valence-corrected chi connectivity index (χ3v) is 2.48.